The van der Waals surface area contributed by atoms with Gasteiger partial charge in [0, 0.05) is 30.7 Å². The molecule has 2 heterocycles. The van der Waals surface area contributed by atoms with Gasteiger partial charge in [-0.25, -0.2) is 0 Å². The number of hydrogen-bond donors (Lipinski definition) is 2. The molecule has 4 heteroatoms. The zero-order chi connectivity index (χ0) is 14.8. The molecule has 0 aliphatic carbocycles. The Bertz CT molecular complexity index is 529. The Morgan fingerprint density at radius 3 is 3.10 bits per heavy atom. The van der Waals surface area contributed by atoms with Gasteiger partial charge in [0.2, 0.25) is 0 Å². The minimum atomic E-state index is 0.107. The summed E-state index contributed by atoms with van der Waals surface area (Å²) in [6.45, 7) is 5.13. The number of carbonyl (C=O) groups excluding carboxylic acids is 1. The van der Waals surface area contributed by atoms with Crippen LogP contribution < -0.4 is 10.6 Å². The van der Waals surface area contributed by atoms with Crippen LogP contribution in [0.2, 0.25) is 0 Å². The van der Waals surface area contributed by atoms with Crippen LogP contribution in [0.5, 0.6) is 0 Å². The number of hydrogen-bond acceptors (Lipinski definition) is 3. The molecule has 114 valence electrons. The molecule has 1 aromatic rings. The monoisotopic (exact) mass is 287 g/mol. The average molecular weight is 287 g/mol. The number of amides is 1. The van der Waals surface area contributed by atoms with Crippen LogP contribution in [0.15, 0.2) is 18.2 Å². The van der Waals surface area contributed by atoms with Crippen molar-refractivity contribution in [2.24, 2.45) is 0 Å². The van der Waals surface area contributed by atoms with Crippen molar-refractivity contribution in [2.45, 2.75) is 44.8 Å². The summed E-state index contributed by atoms with van der Waals surface area (Å²) in [5.41, 5.74) is 3.38. The Labute approximate surface area is 126 Å². The highest BCUT2D eigenvalue weighted by Gasteiger charge is 2.25. The predicted octanol–water partition coefficient (Wildman–Crippen LogP) is 1.54. The second-order valence-corrected chi connectivity index (χ2v) is 6.39. The van der Waals surface area contributed by atoms with Crippen molar-refractivity contribution in [3.8, 4) is 0 Å². The molecule has 1 fully saturated rings. The first-order valence-corrected chi connectivity index (χ1v) is 7.97. The molecule has 2 aliphatic heterocycles. The molecule has 0 radical (unpaired) electrons. The van der Waals surface area contributed by atoms with Crippen molar-refractivity contribution < 1.29 is 4.79 Å². The minimum Gasteiger partial charge on any atom is -0.349 e. The van der Waals surface area contributed by atoms with Gasteiger partial charge in [-0.05, 0) is 57.0 Å². The quantitative estimate of drug-likeness (QED) is 0.867. The number of benzene rings is 1. The molecular weight excluding hydrogens is 262 g/mol. The standard InChI is InChI=1S/C17H25N3O/c1-12-10-14(7-9-20(12)2)19-17(21)16-5-3-4-13-11-18-8-6-15(13)16/h3-5,12,14,18H,6-11H2,1-2H3,(H,19,21). The van der Waals surface area contributed by atoms with Gasteiger partial charge >= 0.3 is 0 Å². The third-order valence-electron chi connectivity index (χ3n) is 4.93. The van der Waals surface area contributed by atoms with Crippen molar-refractivity contribution in [3.05, 3.63) is 34.9 Å². The summed E-state index contributed by atoms with van der Waals surface area (Å²) < 4.78 is 0. The van der Waals surface area contributed by atoms with Crippen LogP contribution in [0, 0.1) is 0 Å². The molecule has 1 saturated heterocycles. The van der Waals surface area contributed by atoms with E-state index in [1.165, 1.54) is 11.1 Å². The Morgan fingerprint density at radius 1 is 1.43 bits per heavy atom. The van der Waals surface area contributed by atoms with Crippen molar-refractivity contribution in [1.82, 2.24) is 15.5 Å². The molecule has 2 unspecified atom stereocenters. The van der Waals surface area contributed by atoms with Gasteiger partial charge in [0.25, 0.3) is 5.91 Å². The molecule has 3 rings (SSSR count). The van der Waals surface area contributed by atoms with Crippen molar-refractivity contribution in [2.75, 3.05) is 20.1 Å². The molecule has 2 aliphatic rings. The number of nitrogens with zero attached hydrogens (tertiary/aromatic N) is 1. The van der Waals surface area contributed by atoms with Crippen LogP contribution in [0.3, 0.4) is 0 Å². The third kappa shape index (κ3) is 3.11. The van der Waals surface area contributed by atoms with Gasteiger partial charge in [0.05, 0.1) is 0 Å². The lowest BCUT2D eigenvalue weighted by molar-refractivity contribution is 0.0895. The fourth-order valence-electron chi connectivity index (χ4n) is 3.43. The van der Waals surface area contributed by atoms with Crippen LogP contribution in [0.4, 0.5) is 0 Å². The van der Waals surface area contributed by atoms with Gasteiger partial charge in [-0.2, -0.15) is 0 Å². The number of rotatable bonds is 2. The van der Waals surface area contributed by atoms with E-state index in [2.05, 4.69) is 35.6 Å². The van der Waals surface area contributed by atoms with Crippen molar-refractivity contribution >= 4 is 5.91 Å². The summed E-state index contributed by atoms with van der Waals surface area (Å²) in [7, 11) is 2.16. The van der Waals surface area contributed by atoms with Crippen LogP contribution in [0.1, 0.15) is 41.3 Å². The maximum Gasteiger partial charge on any atom is 0.251 e. The number of likely N-dealkylation sites (tertiary alicyclic amines) is 1. The molecule has 0 spiro atoms. The lowest BCUT2D eigenvalue weighted by Crippen LogP contribution is -2.47. The zero-order valence-electron chi connectivity index (χ0n) is 13.0. The zero-order valence-corrected chi connectivity index (χ0v) is 13.0. The molecule has 21 heavy (non-hydrogen) atoms. The van der Waals surface area contributed by atoms with Gasteiger partial charge < -0.3 is 15.5 Å². The van der Waals surface area contributed by atoms with E-state index in [1.807, 2.05) is 12.1 Å². The summed E-state index contributed by atoms with van der Waals surface area (Å²) in [6.07, 6.45) is 3.03. The summed E-state index contributed by atoms with van der Waals surface area (Å²) in [4.78, 5) is 15.0. The van der Waals surface area contributed by atoms with Crippen LogP contribution in [-0.4, -0.2) is 43.0 Å². The Balaban J connectivity index is 1.71. The van der Waals surface area contributed by atoms with Crippen LogP contribution >= 0.6 is 0 Å². The molecule has 1 amide bonds. The fraction of sp³-hybridized carbons (Fsp3) is 0.588. The maximum absolute atomic E-state index is 12.6. The van der Waals surface area contributed by atoms with E-state index in [0.717, 1.165) is 44.5 Å². The number of carbonyl (C=O) groups is 1. The molecule has 0 aromatic heterocycles. The van der Waals surface area contributed by atoms with E-state index < -0.39 is 0 Å². The molecule has 1 aromatic carbocycles. The number of fused-ring (bicyclic) bond motifs is 1. The normalized spacial score (nSPS) is 26.2. The SMILES string of the molecule is CC1CC(NC(=O)c2cccc3c2CCNC3)CCN1C. The van der Waals surface area contributed by atoms with Crippen molar-refractivity contribution in [1.29, 1.82) is 0 Å². The molecule has 2 atom stereocenters. The van der Waals surface area contributed by atoms with Crippen LogP contribution in [0.25, 0.3) is 0 Å². The van der Waals surface area contributed by atoms with Gasteiger partial charge in [-0.1, -0.05) is 12.1 Å². The highest BCUT2D eigenvalue weighted by atomic mass is 16.1. The second-order valence-electron chi connectivity index (χ2n) is 6.39. The fourth-order valence-corrected chi connectivity index (χ4v) is 3.43. The van der Waals surface area contributed by atoms with E-state index in [-0.39, 0.29) is 5.91 Å². The summed E-state index contributed by atoms with van der Waals surface area (Å²) in [5.74, 6) is 0.107. The Morgan fingerprint density at radius 2 is 2.29 bits per heavy atom. The van der Waals surface area contributed by atoms with Gasteiger partial charge in [-0.3, -0.25) is 4.79 Å². The third-order valence-corrected chi connectivity index (χ3v) is 4.93. The predicted molar refractivity (Wildman–Crippen MR) is 84.4 cm³/mol. The van der Waals surface area contributed by atoms with E-state index >= 15 is 0 Å². The van der Waals surface area contributed by atoms with Crippen LogP contribution in [-0.2, 0) is 13.0 Å². The largest absolute Gasteiger partial charge is 0.349 e. The van der Waals surface area contributed by atoms with Gasteiger partial charge in [0.15, 0.2) is 0 Å². The van der Waals surface area contributed by atoms with Gasteiger partial charge in [-0.15, -0.1) is 0 Å². The first-order chi connectivity index (χ1) is 10.1. The highest BCUT2D eigenvalue weighted by Crippen LogP contribution is 2.20. The first-order valence-electron chi connectivity index (χ1n) is 7.97. The van der Waals surface area contributed by atoms with E-state index in [0.29, 0.717) is 12.1 Å². The Hall–Kier alpha value is -1.39. The number of nitrogens with one attached hydrogen (secondary N) is 2. The minimum absolute atomic E-state index is 0.107. The molecule has 2 N–H and O–H groups in total. The highest BCUT2D eigenvalue weighted by molar-refractivity contribution is 5.96. The van der Waals surface area contributed by atoms with Gasteiger partial charge in [0.1, 0.15) is 0 Å². The lowest BCUT2D eigenvalue weighted by Gasteiger charge is -2.35. The maximum atomic E-state index is 12.6. The topological polar surface area (TPSA) is 44.4 Å². The van der Waals surface area contributed by atoms with Crippen molar-refractivity contribution in [3.63, 3.8) is 0 Å². The molecular formula is C17H25N3O. The molecule has 0 saturated carbocycles. The summed E-state index contributed by atoms with van der Waals surface area (Å²) in [6, 6.07) is 6.94. The number of piperidine rings is 1. The smallest absolute Gasteiger partial charge is 0.251 e. The second kappa shape index (κ2) is 6.16. The average Bonchev–Trinajstić information content (AvgIpc) is 2.50. The summed E-state index contributed by atoms with van der Waals surface area (Å²) in [5, 5.41) is 6.61. The van der Waals surface area contributed by atoms with E-state index in [1.54, 1.807) is 0 Å². The van der Waals surface area contributed by atoms with E-state index in [4.69, 9.17) is 0 Å². The lowest BCUT2D eigenvalue weighted by atomic mass is 9.94. The molecule has 4 nitrogen and oxygen atoms in total. The Kier molecular flexibility index (Phi) is 4.27. The molecule has 0 bridgehead atoms. The van der Waals surface area contributed by atoms with E-state index in [9.17, 15) is 4.79 Å². The summed E-state index contributed by atoms with van der Waals surface area (Å²) >= 11 is 0. The first kappa shape index (κ1) is 14.5.